The molecule has 0 spiro atoms. The van der Waals surface area contributed by atoms with Gasteiger partial charge < -0.3 is 9.84 Å². The first-order chi connectivity index (χ1) is 8.90. The van der Waals surface area contributed by atoms with Gasteiger partial charge in [-0.3, -0.25) is 0 Å². The third-order valence-electron chi connectivity index (χ3n) is 4.81. The molecular weight excluding hydrogens is 236 g/mol. The highest BCUT2D eigenvalue weighted by atomic mass is 16.5. The standard InChI is InChI=1S/C17H24O2/c1-16(2)11-13-10-12(6-7-14(13)19-16)15(18)17(3)8-4-5-9-17/h6-7,10,15,18H,4-5,8-9,11H2,1-3H3. The monoisotopic (exact) mass is 260 g/mol. The highest BCUT2D eigenvalue weighted by molar-refractivity contribution is 5.42. The van der Waals surface area contributed by atoms with Gasteiger partial charge in [-0.15, -0.1) is 0 Å². The molecule has 104 valence electrons. The summed E-state index contributed by atoms with van der Waals surface area (Å²) >= 11 is 0. The van der Waals surface area contributed by atoms with E-state index < -0.39 is 0 Å². The van der Waals surface area contributed by atoms with Crippen molar-refractivity contribution < 1.29 is 9.84 Å². The lowest BCUT2D eigenvalue weighted by Gasteiger charge is -2.30. The van der Waals surface area contributed by atoms with E-state index >= 15 is 0 Å². The first-order valence-electron chi connectivity index (χ1n) is 7.40. The van der Waals surface area contributed by atoms with Gasteiger partial charge in [0.2, 0.25) is 0 Å². The second-order valence-corrected chi connectivity index (χ2v) is 7.17. The molecule has 1 fully saturated rings. The quantitative estimate of drug-likeness (QED) is 0.870. The van der Waals surface area contributed by atoms with E-state index in [0.717, 1.165) is 30.6 Å². The van der Waals surface area contributed by atoms with Gasteiger partial charge in [0.1, 0.15) is 11.4 Å². The number of ether oxygens (including phenoxy) is 1. The zero-order valence-electron chi connectivity index (χ0n) is 12.2. The van der Waals surface area contributed by atoms with Gasteiger partial charge in [-0.2, -0.15) is 0 Å². The maximum atomic E-state index is 10.7. The van der Waals surface area contributed by atoms with Crippen LogP contribution in [0.5, 0.6) is 5.75 Å². The molecule has 1 heterocycles. The maximum absolute atomic E-state index is 10.7. The Morgan fingerprint density at radius 1 is 1.16 bits per heavy atom. The van der Waals surface area contributed by atoms with Crippen molar-refractivity contribution in [3.63, 3.8) is 0 Å². The lowest BCUT2D eigenvalue weighted by molar-refractivity contribution is 0.0408. The van der Waals surface area contributed by atoms with Gasteiger partial charge in [-0.25, -0.2) is 0 Å². The summed E-state index contributed by atoms with van der Waals surface area (Å²) in [5, 5.41) is 10.7. The zero-order chi connectivity index (χ0) is 13.7. The van der Waals surface area contributed by atoms with Crippen LogP contribution in [0.4, 0.5) is 0 Å². The van der Waals surface area contributed by atoms with Crippen LogP contribution in [0.1, 0.15) is 63.7 Å². The van der Waals surface area contributed by atoms with Gasteiger partial charge in [-0.05, 0) is 55.4 Å². The summed E-state index contributed by atoms with van der Waals surface area (Å²) in [6.45, 7) is 6.45. The molecular formula is C17H24O2. The predicted molar refractivity (Wildman–Crippen MR) is 76.4 cm³/mol. The fraction of sp³-hybridized carbons (Fsp3) is 0.647. The second-order valence-electron chi connectivity index (χ2n) is 7.17. The molecule has 2 aliphatic rings. The Morgan fingerprint density at radius 2 is 1.84 bits per heavy atom. The number of hydrogen-bond acceptors (Lipinski definition) is 2. The highest BCUT2D eigenvalue weighted by Gasteiger charge is 2.38. The third-order valence-corrected chi connectivity index (χ3v) is 4.81. The molecule has 1 unspecified atom stereocenters. The van der Waals surface area contributed by atoms with Crippen LogP contribution in [0, 0.1) is 5.41 Å². The molecule has 1 aliphatic carbocycles. The van der Waals surface area contributed by atoms with Crippen molar-refractivity contribution in [3.05, 3.63) is 29.3 Å². The molecule has 1 atom stereocenters. The van der Waals surface area contributed by atoms with Crippen molar-refractivity contribution in [2.75, 3.05) is 0 Å². The van der Waals surface area contributed by atoms with Crippen LogP contribution in [0.15, 0.2) is 18.2 Å². The normalized spacial score (nSPS) is 24.8. The van der Waals surface area contributed by atoms with Crippen molar-refractivity contribution in [2.24, 2.45) is 5.41 Å². The van der Waals surface area contributed by atoms with Crippen molar-refractivity contribution in [3.8, 4) is 5.75 Å². The summed E-state index contributed by atoms with van der Waals surface area (Å²) in [6.07, 6.45) is 5.34. The Labute approximate surface area is 115 Å². The van der Waals surface area contributed by atoms with Crippen molar-refractivity contribution in [1.82, 2.24) is 0 Å². The Kier molecular flexibility index (Phi) is 2.90. The van der Waals surface area contributed by atoms with Crippen LogP contribution in [-0.2, 0) is 6.42 Å². The van der Waals surface area contributed by atoms with E-state index in [1.165, 1.54) is 18.4 Å². The smallest absolute Gasteiger partial charge is 0.123 e. The number of hydrogen-bond donors (Lipinski definition) is 1. The Balaban J connectivity index is 1.88. The lowest BCUT2D eigenvalue weighted by Crippen LogP contribution is -2.24. The SMILES string of the molecule is CC1(C)Cc2cc(C(O)C3(C)CCCC3)ccc2O1. The van der Waals surface area contributed by atoms with E-state index in [1.54, 1.807) is 0 Å². The topological polar surface area (TPSA) is 29.5 Å². The van der Waals surface area contributed by atoms with Crippen LogP contribution >= 0.6 is 0 Å². The van der Waals surface area contributed by atoms with E-state index in [9.17, 15) is 5.11 Å². The average molecular weight is 260 g/mol. The van der Waals surface area contributed by atoms with Crippen molar-refractivity contribution in [2.45, 2.75) is 64.6 Å². The number of aliphatic hydroxyl groups excluding tert-OH is 1. The number of fused-ring (bicyclic) bond motifs is 1. The van der Waals surface area contributed by atoms with E-state index in [1.807, 2.05) is 12.1 Å². The van der Waals surface area contributed by atoms with E-state index in [2.05, 4.69) is 26.8 Å². The molecule has 0 bridgehead atoms. The van der Waals surface area contributed by atoms with Gasteiger partial charge in [0, 0.05) is 6.42 Å². The van der Waals surface area contributed by atoms with Crippen molar-refractivity contribution in [1.29, 1.82) is 0 Å². The number of benzene rings is 1. The van der Waals surface area contributed by atoms with Crippen LogP contribution in [0.3, 0.4) is 0 Å². The largest absolute Gasteiger partial charge is 0.487 e. The minimum atomic E-state index is -0.344. The van der Waals surface area contributed by atoms with Gasteiger partial charge in [-0.1, -0.05) is 25.8 Å². The third kappa shape index (κ3) is 2.27. The molecule has 19 heavy (non-hydrogen) atoms. The van der Waals surface area contributed by atoms with E-state index in [-0.39, 0.29) is 17.1 Å². The first-order valence-corrected chi connectivity index (χ1v) is 7.40. The summed E-state index contributed by atoms with van der Waals surface area (Å²) < 4.78 is 5.90. The molecule has 0 saturated heterocycles. The molecule has 1 N–H and O–H groups in total. The Bertz CT molecular complexity index is 484. The molecule has 0 amide bonds. The average Bonchev–Trinajstić information content (AvgIpc) is 2.90. The number of aliphatic hydroxyl groups is 1. The van der Waals surface area contributed by atoms with Crippen LogP contribution < -0.4 is 4.74 Å². The number of rotatable bonds is 2. The first kappa shape index (κ1) is 13.0. The molecule has 3 rings (SSSR count). The summed E-state index contributed by atoms with van der Waals surface area (Å²) in [5.41, 5.74) is 2.25. The Morgan fingerprint density at radius 3 is 2.53 bits per heavy atom. The highest BCUT2D eigenvalue weighted by Crippen LogP contribution is 2.48. The summed E-state index contributed by atoms with van der Waals surface area (Å²) in [6, 6.07) is 6.22. The Hall–Kier alpha value is -1.02. The van der Waals surface area contributed by atoms with Gasteiger partial charge >= 0.3 is 0 Å². The van der Waals surface area contributed by atoms with Gasteiger partial charge in [0.05, 0.1) is 6.10 Å². The molecule has 0 aromatic heterocycles. The molecule has 1 saturated carbocycles. The molecule has 1 aromatic rings. The fourth-order valence-electron chi connectivity index (χ4n) is 3.66. The molecule has 1 aliphatic heterocycles. The summed E-state index contributed by atoms with van der Waals surface area (Å²) in [5.74, 6) is 0.984. The molecule has 1 aromatic carbocycles. The van der Waals surface area contributed by atoms with Crippen LogP contribution in [-0.4, -0.2) is 10.7 Å². The minimum absolute atomic E-state index is 0.0587. The summed E-state index contributed by atoms with van der Waals surface area (Å²) in [4.78, 5) is 0. The predicted octanol–water partition coefficient (Wildman–Crippen LogP) is 4.01. The minimum Gasteiger partial charge on any atom is -0.487 e. The molecule has 0 radical (unpaired) electrons. The van der Waals surface area contributed by atoms with Crippen molar-refractivity contribution >= 4 is 0 Å². The van der Waals surface area contributed by atoms with E-state index in [4.69, 9.17) is 4.74 Å². The second kappa shape index (κ2) is 4.24. The molecule has 2 nitrogen and oxygen atoms in total. The van der Waals surface area contributed by atoms with Crippen LogP contribution in [0.25, 0.3) is 0 Å². The van der Waals surface area contributed by atoms with Gasteiger partial charge in [0.25, 0.3) is 0 Å². The summed E-state index contributed by atoms with van der Waals surface area (Å²) in [7, 11) is 0. The van der Waals surface area contributed by atoms with Crippen LogP contribution in [0.2, 0.25) is 0 Å². The lowest BCUT2D eigenvalue weighted by atomic mass is 9.79. The fourth-order valence-corrected chi connectivity index (χ4v) is 3.66. The van der Waals surface area contributed by atoms with E-state index in [0.29, 0.717) is 0 Å². The van der Waals surface area contributed by atoms with Gasteiger partial charge in [0.15, 0.2) is 0 Å². The molecule has 2 heteroatoms. The maximum Gasteiger partial charge on any atom is 0.123 e. The zero-order valence-corrected chi connectivity index (χ0v) is 12.2.